The number of phenolic OH excluding ortho intramolecular Hbond substituents is 1. The number of aliphatic hydroxyl groups is 1. The molecule has 2 heterocycles. The highest BCUT2D eigenvalue weighted by atomic mass is 33.1. The molecule has 364 valence electrons. The number of nitrogens with one attached hydrogen (secondary N) is 7. The Labute approximate surface area is 385 Å². The Bertz CT molecular complexity index is 1980. The molecule has 17 N–H and O–H groups in total. The van der Waals surface area contributed by atoms with Gasteiger partial charge in [0.2, 0.25) is 47.3 Å². The lowest BCUT2D eigenvalue weighted by atomic mass is 10.0. The molecule has 2 aliphatic heterocycles. The number of aliphatic hydroxyl groups excluding tert-OH is 1. The van der Waals surface area contributed by atoms with Crippen molar-refractivity contribution < 1.29 is 68.4 Å². The van der Waals surface area contributed by atoms with E-state index in [1.165, 1.54) is 31.2 Å². The van der Waals surface area contributed by atoms with E-state index >= 15 is 0 Å². The van der Waals surface area contributed by atoms with Crippen LogP contribution in [0.4, 0.5) is 0 Å². The first-order valence-corrected chi connectivity index (χ1v) is 23.0. The van der Waals surface area contributed by atoms with Crippen molar-refractivity contribution >= 4 is 86.7 Å². The van der Waals surface area contributed by atoms with Crippen LogP contribution in [0.15, 0.2) is 29.3 Å². The molecule has 66 heavy (non-hydrogen) atoms. The number of nitrogens with two attached hydrogens (primary N) is 3. The Morgan fingerprint density at radius 2 is 1.39 bits per heavy atom. The Kier molecular flexibility index (Phi) is 21.7. The molecule has 1 aromatic rings. The number of nitrogens with zero attached hydrogens (tertiary/aromatic N) is 2. The van der Waals surface area contributed by atoms with Gasteiger partial charge in [-0.25, -0.2) is 0 Å². The molecular weight excluding hydrogens is 913 g/mol. The molecule has 3 rings (SSSR count). The number of amides is 8. The van der Waals surface area contributed by atoms with Crippen LogP contribution in [0.2, 0.25) is 0 Å². The van der Waals surface area contributed by atoms with Crippen molar-refractivity contribution in [2.24, 2.45) is 22.2 Å². The Morgan fingerprint density at radius 1 is 0.788 bits per heavy atom. The predicted molar refractivity (Wildman–Crippen MR) is 237 cm³/mol. The van der Waals surface area contributed by atoms with Gasteiger partial charge in [-0.1, -0.05) is 33.7 Å². The van der Waals surface area contributed by atoms with Crippen molar-refractivity contribution in [2.45, 2.75) is 93.8 Å². The molecule has 8 amide bonds. The molecule has 1 aromatic carbocycles. The van der Waals surface area contributed by atoms with Crippen LogP contribution in [-0.4, -0.2) is 177 Å². The second kappa shape index (κ2) is 26.5. The maximum absolute atomic E-state index is 14.0. The van der Waals surface area contributed by atoms with E-state index in [0.29, 0.717) is 12.0 Å². The summed E-state index contributed by atoms with van der Waals surface area (Å²) in [6.45, 7) is -0.550. The number of phenols is 1. The first-order valence-electron chi connectivity index (χ1n) is 20.5. The minimum atomic E-state index is -1.77. The lowest BCUT2D eigenvalue weighted by Gasteiger charge is -2.30. The number of aromatic hydroxyl groups is 1. The van der Waals surface area contributed by atoms with Gasteiger partial charge < -0.3 is 79.7 Å². The van der Waals surface area contributed by atoms with E-state index in [2.05, 4.69) is 42.2 Å². The zero-order chi connectivity index (χ0) is 49.1. The van der Waals surface area contributed by atoms with Gasteiger partial charge in [-0.2, -0.15) is 0 Å². The molecule has 28 heteroatoms. The quantitative estimate of drug-likeness (QED) is 0.0402. The van der Waals surface area contributed by atoms with Crippen LogP contribution in [0.25, 0.3) is 0 Å². The van der Waals surface area contributed by atoms with E-state index in [-0.39, 0.29) is 62.0 Å². The Balaban J connectivity index is 2.02. The number of carbonyl (C=O) groups is 10. The summed E-state index contributed by atoms with van der Waals surface area (Å²) in [6.07, 6.45) is -0.839. The van der Waals surface area contributed by atoms with Crippen molar-refractivity contribution in [3.63, 3.8) is 0 Å². The van der Waals surface area contributed by atoms with E-state index in [4.69, 9.17) is 17.2 Å². The first kappa shape index (κ1) is 53.9. The fourth-order valence-electron chi connectivity index (χ4n) is 6.47. The second-order valence-electron chi connectivity index (χ2n) is 15.1. The highest BCUT2D eigenvalue weighted by Gasteiger charge is 2.40. The molecule has 2 aliphatic rings. The zero-order valence-electron chi connectivity index (χ0n) is 35.7. The number of guanidine groups is 1. The first-order chi connectivity index (χ1) is 31.2. The monoisotopic (exact) mass is 968 g/mol. The van der Waals surface area contributed by atoms with Crippen LogP contribution < -0.4 is 54.4 Å². The van der Waals surface area contributed by atoms with Gasteiger partial charge >= 0.3 is 11.9 Å². The molecule has 8 atom stereocenters. The number of carboxylic acids is 2. The standard InChI is InChI=1S/C38H56N12O14S2/c1-18-30(57)48-25(15-51)37(64)50-11-3-5-27(50)36(63)47-23(12-19-6-8-20(52)9-7-19)34(61)49-26(32(59)43-14-29(55)56)17-66-65-16-21(39)31(58)46-24(13-28(53)54)35(62)45-22(33(60)44-18)4-2-10-42-38(40)41/h6-9,18,21-27,51-52H,2-5,10-17,39H2,1H3,(H,43,59)(H,44,60)(H,45,62)(H,46,58)(H,47,63)(H,48,57)(H,49,61)(H,53,54)(H,55,56)(H4,40,41,42)/t18-,21-,22-,23-,24-,25-,26-,27-/m0/s1. The number of aliphatic carboxylic acids is 2. The minimum absolute atomic E-state index is 0.000664. The third-order valence-electron chi connectivity index (χ3n) is 9.94. The van der Waals surface area contributed by atoms with Gasteiger partial charge in [-0.05, 0) is 50.3 Å². The van der Waals surface area contributed by atoms with Gasteiger partial charge in [-0.15, -0.1) is 0 Å². The summed E-state index contributed by atoms with van der Waals surface area (Å²) in [5.74, 6) is -11.3. The largest absolute Gasteiger partial charge is 0.508 e. The molecule has 0 spiro atoms. The van der Waals surface area contributed by atoms with Crippen LogP contribution in [0.1, 0.15) is 44.6 Å². The summed E-state index contributed by atoms with van der Waals surface area (Å²) in [7, 11) is 1.85. The summed E-state index contributed by atoms with van der Waals surface area (Å²) in [5, 5.41) is 55.5. The Hall–Kier alpha value is -6.39. The highest BCUT2D eigenvalue weighted by Crippen LogP contribution is 2.24. The third kappa shape index (κ3) is 17.5. The SMILES string of the molecule is C[C@@H]1NC(=O)[C@H](CCCN=C(N)N)NC(=O)[C@H](CC(=O)O)NC(=O)[C@@H](N)CSSC[C@@H](C(=O)NCC(=O)O)NC(=O)[C@H](Cc2ccc(O)cc2)NC(=O)[C@@H]2CCCN2C(=O)[C@H](CO)NC1=O. The second-order valence-corrected chi connectivity index (χ2v) is 17.7. The maximum atomic E-state index is 14.0. The van der Waals surface area contributed by atoms with Gasteiger partial charge in [0.1, 0.15) is 54.6 Å². The average Bonchev–Trinajstić information content (AvgIpc) is 3.76. The van der Waals surface area contributed by atoms with Gasteiger partial charge in [0.05, 0.1) is 19.1 Å². The number of carbonyl (C=O) groups excluding carboxylic acids is 8. The number of rotatable bonds is 12. The van der Waals surface area contributed by atoms with Crippen molar-refractivity contribution in [3.8, 4) is 5.75 Å². The van der Waals surface area contributed by atoms with E-state index in [9.17, 15) is 68.4 Å². The number of benzene rings is 1. The normalized spacial score (nSPS) is 25.7. The average molecular weight is 969 g/mol. The van der Waals surface area contributed by atoms with Crippen molar-refractivity contribution in [1.29, 1.82) is 0 Å². The maximum Gasteiger partial charge on any atom is 0.322 e. The predicted octanol–water partition coefficient (Wildman–Crippen LogP) is -5.70. The summed E-state index contributed by atoms with van der Waals surface area (Å²) in [6, 6.07) is -6.19. The van der Waals surface area contributed by atoms with Crippen molar-refractivity contribution in [3.05, 3.63) is 29.8 Å². The molecule has 2 saturated heterocycles. The van der Waals surface area contributed by atoms with Crippen LogP contribution in [0, 0.1) is 0 Å². The molecule has 26 nitrogen and oxygen atoms in total. The van der Waals surface area contributed by atoms with Crippen LogP contribution in [0.5, 0.6) is 5.75 Å². The number of hydrogen-bond donors (Lipinski definition) is 14. The van der Waals surface area contributed by atoms with Gasteiger partial charge in [0.25, 0.3) is 0 Å². The number of aliphatic imine (C=N–C) groups is 1. The van der Waals surface area contributed by atoms with E-state index in [1.54, 1.807) is 0 Å². The zero-order valence-corrected chi connectivity index (χ0v) is 37.4. The summed E-state index contributed by atoms with van der Waals surface area (Å²) in [4.78, 5) is 137. The summed E-state index contributed by atoms with van der Waals surface area (Å²) < 4.78 is 0. The smallest absolute Gasteiger partial charge is 0.322 e. The Morgan fingerprint density at radius 3 is 2.03 bits per heavy atom. The molecular formula is C38H56N12O14S2. The molecule has 0 radical (unpaired) electrons. The van der Waals surface area contributed by atoms with Crippen LogP contribution >= 0.6 is 21.6 Å². The van der Waals surface area contributed by atoms with Crippen LogP contribution in [-0.2, 0) is 54.4 Å². The summed E-state index contributed by atoms with van der Waals surface area (Å²) >= 11 is 0. The number of carboxylic acid groups (broad SMARTS) is 2. The molecule has 0 aliphatic carbocycles. The molecule has 0 aromatic heterocycles. The molecule has 2 fully saturated rings. The summed E-state index contributed by atoms with van der Waals surface area (Å²) in [5.41, 5.74) is 17.3. The molecule has 0 unspecified atom stereocenters. The van der Waals surface area contributed by atoms with E-state index in [1.807, 2.05) is 0 Å². The highest BCUT2D eigenvalue weighted by molar-refractivity contribution is 8.76. The topological polar surface area (TPSA) is 429 Å². The van der Waals surface area contributed by atoms with Gasteiger partial charge in [0, 0.05) is 31.0 Å². The molecule has 0 saturated carbocycles. The minimum Gasteiger partial charge on any atom is -0.508 e. The lowest BCUT2D eigenvalue weighted by molar-refractivity contribution is -0.143. The fraction of sp³-hybridized carbons (Fsp3) is 0.553. The van der Waals surface area contributed by atoms with E-state index in [0.717, 1.165) is 26.5 Å². The fourth-order valence-corrected chi connectivity index (χ4v) is 8.76. The lowest BCUT2D eigenvalue weighted by Crippen LogP contribution is -2.60. The number of hydrogen-bond acceptors (Lipinski definition) is 16. The van der Waals surface area contributed by atoms with Gasteiger partial charge in [-0.3, -0.25) is 52.9 Å². The van der Waals surface area contributed by atoms with E-state index < -0.39 is 127 Å². The van der Waals surface area contributed by atoms with Gasteiger partial charge in [0.15, 0.2) is 5.96 Å². The molecule has 0 bridgehead atoms. The van der Waals surface area contributed by atoms with Crippen LogP contribution in [0.3, 0.4) is 0 Å². The third-order valence-corrected chi connectivity index (χ3v) is 12.4. The number of fused-ring (bicyclic) bond motifs is 1. The van der Waals surface area contributed by atoms with Crippen molar-refractivity contribution in [2.75, 3.05) is 37.7 Å². The van der Waals surface area contributed by atoms with Crippen molar-refractivity contribution in [1.82, 2.24) is 42.1 Å².